The summed E-state index contributed by atoms with van der Waals surface area (Å²) >= 11 is 5.99. The number of aryl methyl sites for hydroxylation is 2. The molecule has 0 fully saturated rings. The molecule has 26 heavy (non-hydrogen) atoms. The first-order valence-electron chi connectivity index (χ1n) is 8.23. The minimum absolute atomic E-state index is 0.0326. The Morgan fingerprint density at radius 1 is 1.15 bits per heavy atom. The molecule has 1 N–H and O–H groups in total. The van der Waals surface area contributed by atoms with Gasteiger partial charge in [-0.3, -0.25) is 9.59 Å². The van der Waals surface area contributed by atoms with Crippen LogP contribution in [-0.2, 0) is 16.0 Å². The van der Waals surface area contributed by atoms with Crippen LogP contribution in [0.15, 0.2) is 36.4 Å². The van der Waals surface area contributed by atoms with E-state index in [2.05, 4.69) is 5.32 Å². The maximum atomic E-state index is 12.4. The molecule has 0 aliphatic heterocycles. The van der Waals surface area contributed by atoms with Crippen molar-refractivity contribution in [1.29, 1.82) is 0 Å². The third-order valence-corrected chi connectivity index (χ3v) is 4.29. The van der Waals surface area contributed by atoms with Crippen LogP contribution in [0, 0.1) is 13.8 Å². The minimum atomic E-state index is -0.243. The zero-order chi connectivity index (χ0) is 19.3. The number of nitrogens with zero attached hydrogens (tertiary/aromatic N) is 1. The highest BCUT2D eigenvalue weighted by atomic mass is 35.5. The van der Waals surface area contributed by atoms with Gasteiger partial charge in [-0.05, 0) is 49.2 Å². The van der Waals surface area contributed by atoms with Gasteiger partial charge in [0.25, 0.3) is 0 Å². The molecule has 0 aliphatic carbocycles. The number of nitrogens with one attached hydrogen (secondary N) is 1. The van der Waals surface area contributed by atoms with E-state index in [0.29, 0.717) is 16.3 Å². The second kappa shape index (κ2) is 8.72. The van der Waals surface area contributed by atoms with Crippen molar-refractivity contribution in [3.63, 3.8) is 0 Å². The molecule has 0 saturated carbocycles. The number of hydrogen-bond acceptors (Lipinski definition) is 3. The van der Waals surface area contributed by atoms with Crippen LogP contribution in [0.1, 0.15) is 16.7 Å². The highest BCUT2D eigenvalue weighted by molar-refractivity contribution is 6.30. The molecule has 0 radical (unpaired) electrons. The molecule has 0 saturated heterocycles. The number of amides is 2. The number of carbonyl (C=O) groups excluding carboxylic acids is 2. The molecule has 0 spiro atoms. The van der Waals surface area contributed by atoms with Crippen molar-refractivity contribution in [2.45, 2.75) is 20.3 Å². The zero-order valence-corrected chi connectivity index (χ0v) is 16.2. The number of hydrogen-bond donors (Lipinski definition) is 1. The molecule has 2 aromatic carbocycles. The normalized spacial score (nSPS) is 10.3. The van der Waals surface area contributed by atoms with Crippen LogP contribution in [0.5, 0.6) is 5.75 Å². The quantitative estimate of drug-likeness (QED) is 0.840. The number of carbonyl (C=O) groups is 2. The lowest BCUT2D eigenvalue weighted by molar-refractivity contribution is -0.132. The first kappa shape index (κ1) is 19.8. The molecule has 2 rings (SSSR count). The predicted octanol–water partition coefficient (Wildman–Crippen LogP) is 3.61. The molecule has 2 amide bonds. The first-order valence-corrected chi connectivity index (χ1v) is 8.61. The molecular weight excluding hydrogens is 352 g/mol. The van der Waals surface area contributed by atoms with Gasteiger partial charge in [-0.25, -0.2) is 0 Å². The lowest BCUT2D eigenvalue weighted by atomic mass is 10.1. The van der Waals surface area contributed by atoms with Crippen LogP contribution in [0.25, 0.3) is 0 Å². The van der Waals surface area contributed by atoms with Crippen LogP contribution in [-0.4, -0.2) is 37.4 Å². The summed E-state index contributed by atoms with van der Waals surface area (Å²) in [6.45, 7) is 3.85. The van der Waals surface area contributed by atoms with E-state index in [9.17, 15) is 9.59 Å². The maximum Gasteiger partial charge on any atom is 0.243 e. The van der Waals surface area contributed by atoms with E-state index in [1.807, 2.05) is 32.0 Å². The van der Waals surface area contributed by atoms with E-state index in [-0.39, 0.29) is 24.8 Å². The molecular formula is C20H23ClN2O3. The molecule has 0 unspecified atom stereocenters. The summed E-state index contributed by atoms with van der Waals surface area (Å²) in [5, 5.41) is 3.39. The Balaban J connectivity index is 1.99. The van der Waals surface area contributed by atoms with Crippen LogP contribution in [0.4, 0.5) is 5.69 Å². The number of benzene rings is 2. The fourth-order valence-electron chi connectivity index (χ4n) is 2.55. The van der Waals surface area contributed by atoms with Gasteiger partial charge in [0, 0.05) is 23.3 Å². The maximum absolute atomic E-state index is 12.4. The van der Waals surface area contributed by atoms with Gasteiger partial charge in [0.15, 0.2) is 0 Å². The lowest BCUT2D eigenvalue weighted by Gasteiger charge is -2.18. The lowest BCUT2D eigenvalue weighted by Crippen LogP contribution is -2.36. The molecule has 2 aromatic rings. The van der Waals surface area contributed by atoms with Gasteiger partial charge in [0.05, 0.1) is 20.1 Å². The first-order chi connectivity index (χ1) is 12.3. The smallest absolute Gasteiger partial charge is 0.243 e. The monoisotopic (exact) mass is 374 g/mol. The SMILES string of the molecule is COc1ccc(Cl)cc1CC(=O)N(C)CC(=O)Nc1cc(C)ccc1C. The Hall–Kier alpha value is -2.53. The average Bonchev–Trinajstić information content (AvgIpc) is 2.58. The Morgan fingerprint density at radius 3 is 2.58 bits per heavy atom. The van der Waals surface area contributed by atoms with E-state index >= 15 is 0 Å². The van der Waals surface area contributed by atoms with Crippen molar-refractivity contribution in [2.75, 3.05) is 26.0 Å². The van der Waals surface area contributed by atoms with Gasteiger partial charge in [-0.15, -0.1) is 0 Å². The van der Waals surface area contributed by atoms with Crippen molar-refractivity contribution in [3.8, 4) is 5.75 Å². The molecule has 0 bridgehead atoms. The molecule has 0 heterocycles. The molecule has 5 nitrogen and oxygen atoms in total. The van der Waals surface area contributed by atoms with Crippen molar-refractivity contribution < 1.29 is 14.3 Å². The van der Waals surface area contributed by atoms with Gasteiger partial charge in [-0.2, -0.15) is 0 Å². The van der Waals surface area contributed by atoms with E-state index in [1.54, 1.807) is 32.4 Å². The summed E-state index contributed by atoms with van der Waals surface area (Å²) in [6, 6.07) is 11.0. The molecule has 6 heteroatoms. The van der Waals surface area contributed by atoms with Crippen molar-refractivity contribution >= 4 is 29.1 Å². The van der Waals surface area contributed by atoms with Crippen LogP contribution in [0.3, 0.4) is 0 Å². The van der Waals surface area contributed by atoms with E-state index in [4.69, 9.17) is 16.3 Å². The summed E-state index contributed by atoms with van der Waals surface area (Å²) in [6.07, 6.45) is 0.108. The van der Waals surface area contributed by atoms with Gasteiger partial charge in [0.2, 0.25) is 11.8 Å². The number of anilines is 1. The number of rotatable bonds is 6. The van der Waals surface area contributed by atoms with Gasteiger partial charge in [-0.1, -0.05) is 23.7 Å². The molecule has 0 atom stereocenters. The van der Waals surface area contributed by atoms with Crippen LogP contribution < -0.4 is 10.1 Å². The summed E-state index contributed by atoms with van der Waals surface area (Å²) < 4.78 is 5.26. The number of halogens is 1. The van der Waals surface area contributed by atoms with Crippen molar-refractivity contribution in [3.05, 3.63) is 58.1 Å². The van der Waals surface area contributed by atoms with Gasteiger partial charge < -0.3 is 15.0 Å². The Labute approximate surface area is 158 Å². The number of likely N-dealkylation sites (N-methyl/N-ethyl adjacent to an activating group) is 1. The van der Waals surface area contributed by atoms with E-state index in [0.717, 1.165) is 16.8 Å². The van der Waals surface area contributed by atoms with Crippen LogP contribution in [0.2, 0.25) is 5.02 Å². The topological polar surface area (TPSA) is 58.6 Å². The van der Waals surface area contributed by atoms with Gasteiger partial charge >= 0.3 is 0 Å². The zero-order valence-electron chi connectivity index (χ0n) is 15.4. The van der Waals surface area contributed by atoms with E-state index < -0.39 is 0 Å². The third-order valence-electron chi connectivity index (χ3n) is 4.06. The summed E-state index contributed by atoms with van der Waals surface area (Å²) in [7, 11) is 3.14. The van der Waals surface area contributed by atoms with Crippen molar-refractivity contribution in [1.82, 2.24) is 4.90 Å². The molecule has 0 aliphatic rings. The molecule has 0 aromatic heterocycles. The Bertz CT molecular complexity index is 821. The largest absolute Gasteiger partial charge is 0.496 e. The Kier molecular flexibility index (Phi) is 6.64. The number of methoxy groups -OCH3 is 1. The average molecular weight is 375 g/mol. The standard InChI is InChI=1S/C20H23ClN2O3/c1-13-5-6-14(2)17(9-13)22-19(24)12-23(3)20(25)11-15-10-16(21)7-8-18(15)26-4/h5-10H,11-12H2,1-4H3,(H,22,24). The highest BCUT2D eigenvalue weighted by Gasteiger charge is 2.16. The summed E-state index contributed by atoms with van der Waals surface area (Å²) in [4.78, 5) is 26.1. The van der Waals surface area contributed by atoms with E-state index in [1.165, 1.54) is 4.90 Å². The third kappa shape index (κ3) is 5.23. The predicted molar refractivity (Wildman–Crippen MR) is 104 cm³/mol. The van der Waals surface area contributed by atoms with Crippen molar-refractivity contribution in [2.24, 2.45) is 0 Å². The Morgan fingerprint density at radius 2 is 1.88 bits per heavy atom. The minimum Gasteiger partial charge on any atom is -0.496 e. The highest BCUT2D eigenvalue weighted by Crippen LogP contribution is 2.23. The molecule has 138 valence electrons. The fraction of sp³-hybridized carbons (Fsp3) is 0.300. The fourth-order valence-corrected chi connectivity index (χ4v) is 2.74. The second-order valence-corrected chi connectivity index (χ2v) is 6.69. The van der Waals surface area contributed by atoms with Crippen LogP contribution >= 0.6 is 11.6 Å². The summed E-state index contributed by atoms with van der Waals surface area (Å²) in [5.74, 6) is 0.158. The second-order valence-electron chi connectivity index (χ2n) is 6.25. The summed E-state index contributed by atoms with van der Waals surface area (Å²) in [5.41, 5.74) is 3.48. The number of ether oxygens (including phenoxy) is 1. The van der Waals surface area contributed by atoms with Gasteiger partial charge in [0.1, 0.15) is 5.75 Å².